The first-order valence-electron chi connectivity index (χ1n) is 7.34. The van der Waals surface area contributed by atoms with Crippen LogP contribution in [0.3, 0.4) is 0 Å². The number of aromatic nitrogens is 2. The van der Waals surface area contributed by atoms with Gasteiger partial charge in [0.1, 0.15) is 5.82 Å². The van der Waals surface area contributed by atoms with Crippen LogP contribution in [0, 0.1) is 5.92 Å². The van der Waals surface area contributed by atoms with Gasteiger partial charge in [-0.3, -0.25) is 4.68 Å². The van der Waals surface area contributed by atoms with Crippen LogP contribution in [0.5, 0.6) is 0 Å². The Morgan fingerprint density at radius 3 is 2.95 bits per heavy atom. The molecule has 1 saturated heterocycles. The molecule has 0 saturated carbocycles. The van der Waals surface area contributed by atoms with E-state index in [4.69, 9.17) is 10.8 Å². The predicted molar refractivity (Wildman–Crippen MR) is 78.3 cm³/mol. The van der Waals surface area contributed by atoms with Crippen molar-refractivity contribution >= 4 is 11.5 Å². The molecule has 0 aliphatic carbocycles. The van der Waals surface area contributed by atoms with Crippen molar-refractivity contribution < 1.29 is 5.11 Å². The summed E-state index contributed by atoms with van der Waals surface area (Å²) in [6.07, 6.45) is 5.26. The minimum atomic E-state index is 0.278. The molecule has 2 rings (SSSR count). The van der Waals surface area contributed by atoms with Crippen LogP contribution in [-0.2, 0) is 13.5 Å². The van der Waals surface area contributed by atoms with Crippen molar-refractivity contribution in [2.45, 2.75) is 39.0 Å². The average Bonchev–Trinajstić information content (AvgIpc) is 2.66. The second-order valence-corrected chi connectivity index (χ2v) is 5.52. The fraction of sp³-hybridized carbons (Fsp3) is 0.786. The molecule has 0 aromatic carbocycles. The molecule has 2 heterocycles. The van der Waals surface area contributed by atoms with Gasteiger partial charge in [-0.15, -0.1) is 0 Å². The number of aliphatic hydroxyl groups excluding tert-OH is 1. The van der Waals surface area contributed by atoms with E-state index in [-0.39, 0.29) is 6.61 Å². The lowest BCUT2D eigenvalue weighted by Gasteiger charge is -2.34. The van der Waals surface area contributed by atoms with Crippen LogP contribution in [-0.4, -0.2) is 34.6 Å². The maximum atomic E-state index is 9.10. The van der Waals surface area contributed by atoms with Gasteiger partial charge >= 0.3 is 0 Å². The maximum Gasteiger partial charge on any atom is 0.150 e. The monoisotopic (exact) mass is 266 g/mol. The number of aryl methyl sites for hydroxylation is 2. The number of rotatable bonds is 5. The highest BCUT2D eigenvalue weighted by molar-refractivity contribution is 5.66. The van der Waals surface area contributed by atoms with Crippen molar-refractivity contribution in [2.24, 2.45) is 13.0 Å². The van der Waals surface area contributed by atoms with Crippen LogP contribution in [0.2, 0.25) is 0 Å². The van der Waals surface area contributed by atoms with E-state index >= 15 is 0 Å². The largest absolute Gasteiger partial charge is 0.396 e. The summed E-state index contributed by atoms with van der Waals surface area (Å²) in [5.74, 6) is 1.63. The van der Waals surface area contributed by atoms with E-state index in [9.17, 15) is 0 Å². The Balaban J connectivity index is 2.16. The lowest BCUT2D eigenvalue weighted by Crippen LogP contribution is -2.37. The molecule has 0 spiro atoms. The zero-order chi connectivity index (χ0) is 13.8. The summed E-state index contributed by atoms with van der Waals surface area (Å²) in [6.45, 7) is 4.44. The second-order valence-electron chi connectivity index (χ2n) is 5.52. The summed E-state index contributed by atoms with van der Waals surface area (Å²) < 4.78 is 1.92. The van der Waals surface area contributed by atoms with Crippen LogP contribution < -0.4 is 10.6 Å². The molecule has 1 fully saturated rings. The number of piperidine rings is 1. The van der Waals surface area contributed by atoms with Gasteiger partial charge in [0.15, 0.2) is 0 Å². The van der Waals surface area contributed by atoms with Gasteiger partial charge in [-0.2, -0.15) is 5.10 Å². The number of hydrogen-bond donors (Lipinski definition) is 2. The molecule has 1 aromatic rings. The Bertz CT molecular complexity index is 414. The molecule has 0 amide bonds. The molecule has 1 aliphatic heterocycles. The topological polar surface area (TPSA) is 67.3 Å². The lowest BCUT2D eigenvalue weighted by molar-refractivity contribution is 0.244. The molecule has 0 radical (unpaired) electrons. The minimum Gasteiger partial charge on any atom is -0.396 e. The number of nitrogen functional groups attached to an aromatic ring is 1. The van der Waals surface area contributed by atoms with Crippen molar-refractivity contribution in [1.82, 2.24) is 9.78 Å². The van der Waals surface area contributed by atoms with Crippen molar-refractivity contribution in [3.8, 4) is 0 Å². The number of nitrogens with two attached hydrogens (primary N) is 1. The molecule has 1 aromatic heterocycles. The smallest absolute Gasteiger partial charge is 0.150 e. The molecule has 5 heteroatoms. The summed E-state index contributed by atoms with van der Waals surface area (Å²) in [5, 5.41) is 13.6. The molecular formula is C14H26N4O. The van der Waals surface area contributed by atoms with Gasteiger partial charge in [0, 0.05) is 26.7 Å². The number of aliphatic hydroxyl groups is 1. The van der Waals surface area contributed by atoms with E-state index in [0.717, 1.165) is 49.6 Å². The number of nitrogens with zero attached hydrogens (tertiary/aromatic N) is 3. The van der Waals surface area contributed by atoms with E-state index in [1.807, 2.05) is 11.7 Å². The van der Waals surface area contributed by atoms with Crippen LogP contribution in [0.4, 0.5) is 11.5 Å². The third kappa shape index (κ3) is 3.03. The molecule has 0 bridgehead atoms. The van der Waals surface area contributed by atoms with Crippen LogP contribution in [0.15, 0.2) is 0 Å². The number of hydrogen-bond acceptors (Lipinski definition) is 4. The molecule has 3 N–H and O–H groups in total. The first kappa shape index (κ1) is 14.2. The van der Waals surface area contributed by atoms with Gasteiger partial charge in [0.05, 0.1) is 11.4 Å². The summed E-state index contributed by atoms with van der Waals surface area (Å²) >= 11 is 0. The van der Waals surface area contributed by atoms with Crippen molar-refractivity contribution in [2.75, 3.05) is 30.3 Å². The van der Waals surface area contributed by atoms with Crippen LogP contribution in [0.25, 0.3) is 0 Å². The lowest BCUT2D eigenvalue weighted by atomic mass is 9.95. The first-order chi connectivity index (χ1) is 9.17. The Kier molecular flexibility index (Phi) is 4.69. The quantitative estimate of drug-likeness (QED) is 0.848. The predicted octanol–water partition coefficient (Wildman–Crippen LogP) is 1.55. The highest BCUT2D eigenvalue weighted by Crippen LogP contribution is 2.31. The Morgan fingerprint density at radius 1 is 1.47 bits per heavy atom. The summed E-state index contributed by atoms with van der Waals surface area (Å²) in [4.78, 5) is 2.34. The van der Waals surface area contributed by atoms with Gasteiger partial charge in [0.25, 0.3) is 0 Å². The van der Waals surface area contributed by atoms with Crippen molar-refractivity contribution in [3.05, 3.63) is 5.69 Å². The van der Waals surface area contributed by atoms with E-state index in [1.54, 1.807) is 0 Å². The molecular weight excluding hydrogens is 240 g/mol. The number of anilines is 2. The Hall–Kier alpha value is -1.23. The molecule has 108 valence electrons. The Labute approximate surface area is 115 Å². The standard InChI is InChI=1S/C14H26N4O/c1-3-5-12-13(15)14(17(2)16-12)18-8-4-6-11(10-18)7-9-19/h11,19H,3-10,15H2,1-2H3. The van der Waals surface area contributed by atoms with E-state index in [0.29, 0.717) is 5.92 Å². The minimum absolute atomic E-state index is 0.278. The molecule has 1 aliphatic rings. The molecule has 1 unspecified atom stereocenters. The molecule has 1 atom stereocenters. The maximum absolute atomic E-state index is 9.10. The second kappa shape index (κ2) is 6.28. The highest BCUT2D eigenvalue weighted by atomic mass is 16.3. The fourth-order valence-corrected chi connectivity index (χ4v) is 3.06. The summed E-state index contributed by atoms with van der Waals surface area (Å²) in [5.41, 5.74) is 8.13. The zero-order valence-corrected chi connectivity index (χ0v) is 12.1. The van der Waals surface area contributed by atoms with Crippen molar-refractivity contribution in [3.63, 3.8) is 0 Å². The van der Waals surface area contributed by atoms with Crippen LogP contribution >= 0.6 is 0 Å². The zero-order valence-electron chi connectivity index (χ0n) is 12.1. The summed E-state index contributed by atoms with van der Waals surface area (Å²) in [6, 6.07) is 0. The van der Waals surface area contributed by atoms with E-state index in [2.05, 4.69) is 16.9 Å². The van der Waals surface area contributed by atoms with E-state index in [1.165, 1.54) is 12.8 Å². The third-order valence-electron chi connectivity index (χ3n) is 3.97. The van der Waals surface area contributed by atoms with Crippen molar-refractivity contribution in [1.29, 1.82) is 0 Å². The summed E-state index contributed by atoms with van der Waals surface area (Å²) in [7, 11) is 1.97. The van der Waals surface area contributed by atoms with Gasteiger partial charge in [-0.05, 0) is 31.6 Å². The van der Waals surface area contributed by atoms with Crippen LogP contribution in [0.1, 0.15) is 38.3 Å². The third-order valence-corrected chi connectivity index (χ3v) is 3.97. The van der Waals surface area contributed by atoms with Gasteiger partial charge in [-0.1, -0.05) is 13.3 Å². The first-order valence-corrected chi connectivity index (χ1v) is 7.34. The molecule has 5 nitrogen and oxygen atoms in total. The van der Waals surface area contributed by atoms with E-state index < -0.39 is 0 Å². The van der Waals surface area contributed by atoms with Gasteiger partial charge in [0.2, 0.25) is 0 Å². The molecule has 19 heavy (non-hydrogen) atoms. The normalized spacial score (nSPS) is 19.9. The fourth-order valence-electron chi connectivity index (χ4n) is 3.06. The van der Waals surface area contributed by atoms with Gasteiger partial charge in [-0.25, -0.2) is 0 Å². The highest BCUT2D eigenvalue weighted by Gasteiger charge is 2.24. The Morgan fingerprint density at radius 2 is 2.26 bits per heavy atom. The SMILES string of the molecule is CCCc1nn(C)c(N2CCCC(CCO)C2)c1N. The average molecular weight is 266 g/mol. The van der Waals surface area contributed by atoms with Gasteiger partial charge < -0.3 is 15.7 Å².